The van der Waals surface area contributed by atoms with Crippen LogP contribution in [-0.4, -0.2) is 59.2 Å². The van der Waals surface area contributed by atoms with Crippen molar-refractivity contribution in [1.29, 1.82) is 0 Å². The maximum Gasteiger partial charge on any atom is 0.313 e. The fourth-order valence-electron chi connectivity index (χ4n) is 4.39. The van der Waals surface area contributed by atoms with Gasteiger partial charge in [-0.15, -0.1) is 0 Å². The van der Waals surface area contributed by atoms with E-state index in [1.165, 1.54) is 12.1 Å². The molecule has 11 nitrogen and oxygen atoms in total. The number of benzene rings is 3. The van der Waals surface area contributed by atoms with E-state index < -0.39 is 95.4 Å². The second-order valence-electron chi connectivity index (χ2n) is 12.5. The molecule has 0 bridgehead atoms. The van der Waals surface area contributed by atoms with E-state index in [1.54, 1.807) is 46.8 Å². The van der Waals surface area contributed by atoms with E-state index in [1.807, 2.05) is 30.3 Å². The molecular weight excluding hydrogens is 666 g/mol. The van der Waals surface area contributed by atoms with Gasteiger partial charge < -0.3 is 35.3 Å². The van der Waals surface area contributed by atoms with Crippen LogP contribution in [0.4, 0.5) is 23.2 Å². The molecule has 0 fully saturated rings. The first-order chi connectivity index (χ1) is 23.4. The quantitative estimate of drug-likeness (QED) is 0.0825. The van der Waals surface area contributed by atoms with Crippen LogP contribution >= 0.6 is 0 Å². The predicted molar refractivity (Wildman–Crippen MR) is 173 cm³/mol. The Morgan fingerprint density at radius 3 is 1.98 bits per heavy atom. The summed E-state index contributed by atoms with van der Waals surface area (Å²) < 4.78 is 71.3. The van der Waals surface area contributed by atoms with Gasteiger partial charge in [0.15, 0.2) is 17.4 Å². The van der Waals surface area contributed by atoms with E-state index in [9.17, 15) is 41.8 Å². The van der Waals surface area contributed by atoms with Crippen LogP contribution < -0.4 is 25.4 Å². The normalized spacial score (nSPS) is 13.1. The van der Waals surface area contributed by atoms with E-state index in [4.69, 9.17) is 14.2 Å². The van der Waals surface area contributed by atoms with Crippen molar-refractivity contribution < 1.29 is 56.1 Å². The number of aliphatic hydroxyl groups is 1. The number of hydrogen-bond donors (Lipinski definition) is 4. The Morgan fingerprint density at radius 1 is 0.820 bits per heavy atom. The second kappa shape index (κ2) is 17.5. The first-order valence-electron chi connectivity index (χ1n) is 15.5. The molecule has 0 heterocycles. The third kappa shape index (κ3) is 11.8. The average Bonchev–Trinajstić information content (AvgIpc) is 3.04. The van der Waals surface area contributed by atoms with Crippen LogP contribution in [-0.2, 0) is 30.5 Å². The Kier molecular flexibility index (Phi) is 13.7. The Bertz CT molecular complexity index is 1620. The van der Waals surface area contributed by atoms with Crippen molar-refractivity contribution in [3.63, 3.8) is 0 Å². The zero-order valence-corrected chi connectivity index (χ0v) is 28.0. The smallest absolute Gasteiger partial charge is 0.313 e. The third-order valence-electron chi connectivity index (χ3n) is 6.87. The highest BCUT2D eigenvalue weighted by molar-refractivity contribution is 6.40. The highest BCUT2D eigenvalue weighted by Gasteiger charge is 2.33. The molecule has 3 aromatic rings. The molecule has 0 saturated carbocycles. The molecule has 3 unspecified atom stereocenters. The minimum absolute atomic E-state index is 0.0288. The van der Waals surface area contributed by atoms with E-state index >= 15 is 0 Å². The van der Waals surface area contributed by atoms with Crippen LogP contribution in [0.2, 0.25) is 0 Å². The number of aliphatic hydroxyl groups excluding tert-OH is 1. The van der Waals surface area contributed by atoms with Crippen molar-refractivity contribution in [3.8, 4) is 11.5 Å². The highest BCUT2D eigenvalue weighted by Crippen LogP contribution is 2.27. The van der Waals surface area contributed by atoms with Crippen LogP contribution in [0.5, 0.6) is 11.5 Å². The number of halogens is 4. The monoisotopic (exact) mass is 705 g/mol. The lowest BCUT2D eigenvalue weighted by Crippen LogP contribution is -2.57. The summed E-state index contributed by atoms with van der Waals surface area (Å²) in [5, 5.41) is 17.9. The Morgan fingerprint density at radius 2 is 1.42 bits per heavy atom. The van der Waals surface area contributed by atoms with E-state index in [2.05, 4.69) is 16.0 Å². The predicted octanol–water partition coefficient (Wildman–Crippen LogP) is 4.56. The van der Waals surface area contributed by atoms with Gasteiger partial charge in [-0.2, -0.15) is 8.78 Å². The lowest BCUT2D eigenvalue weighted by Gasteiger charge is -2.29. The molecule has 4 N–H and O–H groups in total. The van der Waals surface area contributed by atoms with Crippen LogP contribution in [0.25, 0.3) is 0 Å². The Hall–Kier alpha value is -5.18. The van der Waals surface area contributed by atoms with Gasteiger partial charge in [-0.05, 0) is 56.5 Å². The minimum Gasteiger partial charge on any atom is -0.489 e. The lowest BCUT2D eigenvalue weighted by molar-refractivity contribution is -0.156. The van der Waals surface area contributed by atoms with Crippen molar-refractivity contribution >= 4 is 29.4 Å². The van der Waals surface area contributed by atoms with Crippen LogP contribution in [0.1, 0.15) is 46.6 Å². The fraction of sp³-hybridized carbons (Fsp3) is 0.371. The molecule has 0 radical (unpaired) electrons. The van der Waals surface area contributed by atoms with Gasteiger partial charge in [0.1, 0.15) is 36.7 Å². The number of carbonyl (C=O) groups excluding carboxylic acids is 4. The number of carbonyl (C=O) groups is 4. The molecule has 15 heteroatoms. The molecule has 270 valence electrons. The maximum absolute atomic E-state index is 14.1. The molecule has 0 aromatic heterocycles. The van der Waals surface area contributed by atoms with Crippen LogP contribution in [0, 0.1) is 29.2 Å². The molecule has 3 aromatic carbocycles. The summed E-state index contributed by atoms with van der Waals surface area (Å²) in [4.78, 5) is 51.5. The standard InChI is InChI=1S/C35H39F4N3O8/c1-19(2)30(42-34(47)33(46)40-21-11-13-22(14-12-21)48-17-20-9-7-6-8-10-20)32(45)41-25(16-27(44)50-35(3,4)5)26(43)18-49-31-28(38)23(36)15-24(37)29(31)39/h6-15,19,25-26,30,43H,16-18H2,1-5H3,(H,40,46)(H,41,45)(H,42,47). The fourth-order valence-corrected chi connectivity index (χ4v) is 4.39. The van der Waals surface area contributed by atoms with Gasteiger partial charge in [-0.1, -0.05) is 44.2 Å². The van der Waals surface area contributed by atoms with Crippen molar-refractivity contribution in [3.05, 3.63) is 89.5 Å². The minimum atomic E-state index is -1.90. The number of hydrogen-bond acceptors (Lipinski definition) is 8. The molecule has 0 saturated heterocycles. The molecule has 3 rings (SSSR count). The highest BCUT2D eigenvalue weighted by atomic mass is 19.2. The van der Waals surface area contributed by atoms with Gasteiger partial charge in [0.2, 0.25) is 17.5 Å². The summed E-state index contributed by atoms with van der Waals surface area (Å²) in [6.45, 7) is 7.05. The Labute approximate surface area is 286 Å². The van der Waals surface area contributed by atoms with Crippen molar-refractivity contribution in [2.45, 2.75) is 71.4 Å². The summed E-state index contributed by atoms with van der Waals surface area (Å²) in [5.74, 6) is -13.0. The van der Waals surface area contributed by atoms with E-state index in [0.717, 1.165) is 5.56 Å². The molecular formula is C35H39F4N3O8. The number of anilines is 1. The van der Waals surface area contributed by atoms with Crippen molar-refractivity contribution in [1.82, 2.24) is 10.6 Å². The van der Waals surface area contributed by atoms with Crippen molar-refractivity contribution in [2.24, 2.45) is 5.92 Å². The van der Waals surface area contributed by atoms with Gasteiger partial charge in [0.05, 0.1) is 12.5 Å². The first kappa shape index (κ1) is 39.3. The summed E-state index contributed by atoms with van der Waals surface area (Å²) in [6, 6.07) is 12.7. The number of nitrogens with one attached hydrogen (secondary N) is 3. The van der Waals surface area contributed by atoms with Crippen LogP contribution in [0.3, 0.4) is 0 Å². The second-order valence-corrected chi connectivity index (χ2v) is 12.5. The van der Waals surface area contributed by atoms with Crippen molar-refractivity contribution in [2.75, 3.05) is 11.9 Å². The summed E-state index contributed by atoms with van der Waals surface area (Å²) in [7, 11) is 0. The van der Waals surface area contributed by atoms with Gasteiger partial charge in [-0.25, -0.2) is 8.78 Å². The largest absolute Gasteiger partial charge is 0.489 e. The van der Waals surface area contributed by atoms with Gasteiger partial charge >= 0.3 is 17.8 Å². The van der Waals surface area contributed by atoms with Gasteiger partial charge in [0.25, 0.3) is 0 Å². The molecule has 3 atom stereocenters. The molecule has 0 aliphatic carbocycles. The Balaban J connectivity index is 1.67. The van der Waals surface area contributed by atoms with E-state index in [-0.39, 0.29) is 11.8 Å². The lowest BCUT2D eigenvalue weighted by atomic mass is 10.0. The third-order valence-corrected chi connectivity index (χ3v) is 6.87. The SMILES string of the molecule is CC(C)C(NC(=O)C(=O)Nc1ccc(OCc2ccccc2)cc1)C(=O)NC(CC(=O)OC(C)(C)C)C(O)COc1c(F)c(F)cc(F)c1F. The summed E-state index contributed by atoms with van der Waals surface area (Å²) in [5.41, 5.74) is 0.237. The summed E-state index contributed by atoms with van der Waals surface area (Å²) in [6.07, 6.45) is -2.59. The topological polar surface area (TPSA) is 152 Å². The number of rotatable bonds is 14. The van der Waals surface area contributed by atoms with E-state index in [0.29, 0.717) is 12.4 Å². The average molecular weight is 706 g/mol. The number of esters is 1. The molecule has 50 heavy (non-hydrogen) atoms. The molecule has 0 aliphatic rings. The zero-order chi connectivity index (χ0) is 37.2. The number of amides is 3. The first-order valence-corrected chi connectivity index (χ1v) is 15.5. The van der Waals surface area contributed by atoms with Gasteiger partial charge in [-0.3, -0.25) is 19.2 Å². The van der Waals surface area contributed by atoms with Crippen LogP contribution in [0.15, 0.2) is 60.7 Å². The molecule has 0 aliphatic heterocycles. The maximum atomic E-state index is 14.1. The summed E-state index contributed by atoms with van der Waals surface area (Å²) >= 11 is 0. The zero-order valence-electron chi connectivity index (χ0n) is 28.0. The molecule has 3 amide bonds. The van der Waals surface area contributed by atoms with Gasteiger partial charge in [0, 0.05) is 11.8 Å². The number of ether oxygens (including phenoxy) is 3. The molecule has 0 spiro atoms.